The summed E-state index contributed by atoms with van der Waals surface area (Å²) in [5.74, 6) is -0.172. The van der Waals surface area contributed by atoms with Crippen molar-refractivity contribution in [3.8, 4) is 0 Å². The number of carbonyl (C=O) groups is 1. The highest BCUT2D eigenvalue weighted by molar-refractivity contribution is 5.95. The molecule has 0 saturated heterocycles. The van der Waals surface area contributed by atoms with Crippen LogP contribution in [0.5, 0.6) is 0 Å². The summed E-state index contributed by atoms with van der Waals surface area (Å²) in [5, 5.41) is 8.18. The Balaban J connectivity index is 1.88. The number of hydrogen-bond acceptors (Lipinski definition) is 3. The predicted octanol–water partition coefficient (Wildman–Crippen LogP) is 3.50. The Hall–Kier alpha value is -2.69. The number of hydrogen-bond donors (Lipinski definition) is 1. The second kappa shape index (κ2) is 6.31. The molecule has 0 aliphatic rings. The number of nitrogens with one attached hydrogen (secondary N) is 1. The van der Waals surface area contributed by atoms with E-state index in [4.69, 9.17) is 0 Å². The minimum Gasteiger partial charge on any atom is -0.346 e. The van der Waals surface area contributed by atoms with Crippen LogP contribution in [-0.4, -0.2) is 20.7 Å². The predicted molar refractivity (Wildman–Crippen MR) is 99.6 cm³/mol. The number of fused-ring (bicyclic) bond motifs is 1. The minimum absolute atomic E-state index is 0.0333. The first-order valence-corrected chi connectivity index (χ1v) is 8.43. The van der Waals surface area contributed by atoms with E-state index in [-0.39, 0.29) is 11.3 Å². The van der Waals surface area contributed by atoms with Gasteiger partial charge in [0.2, 0.25) is 0 Å². The highest BCUT2D eigenvalue weighted by Crippen LogP contribution is 2.28. The number of benzene rings is 1. The summed E-state index contributed by atoms with van der Waals surface area (Å²) in [6.45, 7) is 8.89. The normalized spacial score (nSPS) is 11.7. The molecule has 1 amide bonds. The van der Waals surface area contributed by atoms with E-state index in [1.807, 2.05) is 32.2 Å². The zero-order valence-electron chi connectivity index (χ0n) is 15.4. The van der Waals surface area contributed by atoms with Gasteiger partial charge in [0.25, 0.3) is 5.91 Å². The smallest absolute Gasteiger partial charge is 0.270 e. The highest BCUT2D eigenvalue weighted by atomic mass is 16.1. The van der Waals surface area contributed by atoms with E-state index in [0.29, 0.717) is 12.2 Å². The maximum Gasteiger partial charge on any atom is 0.270 e. The van der Waals surface area contributed by atoms with E-state index < -0.39 is 0 Å². The molecule has 0 saturated carbocycles. The van der Waals surface area contributed by atoms with Crippen molar-refractivity contribution >= 4 is 16.8 Å². The summed E-state index contributed by atoms with van der Waals surface area (Å²) in [7, 11) is 1.89. The summed E-state index contributed by atoms with van der Waals surface area (Å²) >= 11 is 0. The van der Waals surface area contributed by atoms with Crippen LogP contribution in [0.15, 0.2) is 36.5 Å². The number of aryl methyl sites for hydroxylation is 1. The molecule has 0 fully saturated rings. The third-order valence-electron chi connectivity index (χ3n) is 4.54. The second-order valence-corrected chi connectivity index (χ2v) is 7.39. The maximum atomic E-state index is 12.5. The van der Waals surface area contributed by atoms with Gasteiger partial charge in [-0.3, -0.25) is 9.48 Å². The van der Waals surface area contributed by atoms with Crippen LogP contribution in [0.1, 0.15) is 48.1 Å². The minimum atomic E-state index is -0.172. The van der Waals surface area contributed by atoms with Gasteiger partial charge in [0.1, 0.15) is 5.69 Å². The molecule has 5 heteroatoms. The van der Waals surface area contributed by atoms with Gasteiger partial charge in [0.05, 0.1) is 11.7 Å². The van der Waals surface area contributed by atoms with Crippen LogP contribution in [0.4, 0.5) is 0 Å². The summed E-state index contributed by atoms with van der Waals surface area (Å²) in [5.41, 5.74) is 4.48. The highest BCUT2D eigenvalue weighted by Gasteiger charge is 2.19. The van der Waals surface area contributed by atoms with Gasteiger partial charge in [-0.05, 0) is 24.0 Å². The molecule has 1 N–H and O–H groups in total. The zero-order valence-corrected chi connectivity index (χ0v) is 15.4. The lowest BCUT2D eigenvalue weighted by molar-refractivity contribution is 0.0946. The van der Waals surface area contributed by atoms with E-state index in [2.05, 4.69) is 42.2 Å². The Kier molecular flexibility index (Phi) is 4.33. The molecule has 2 heterocycles. The largest absolute Gasteiger partial charge is 0.346 e. The molecule has 2 aromatic heterocycles. The van der Waals surface area contributed by atoms with E-state index in [0.717, 1.165) is 27.7 Å². The molecule has 0 aliphatic carbocycles. The fraction of sp³-hybridized carbons (Fsp3) is 0.350. The van der Waals surface area contributed by atoms with E-state index in [1.165, 1.54) is 0 Å². The van der Waals surface area contributed by atoms with Crippen LogP contribution in [0.3, 0.4) is 0 Å². The first-order valence-electron chi connectivity index (χ1n) is 8.43. The molecule has 0 bridgehead atoms. The van der Waals surface area contributed by atoms with Crippen molar-refractivity contribution in [1.29, 1.82) is 0 Å². The number of rotatable bonds is 3. The summed E-state index contributed by atoms with van der Waals surface area (Å²) in [6, 6.07) is 9.88. The van der Waals surface area contributed by atoms with Crippen LogP contribution < -0.4 is 5.32 Å². The molecule has 3 aromatic rings. The van der Waals surface area contributed by atoms with Crippen LogP contribution in [0.25, 0.3) is 10.9 Å². The third kappa shape index (κ3) is 3.40. The standard InChI is InChI=1S/C20H24N4O/c1-13-15(12-22-24(13)5)11-21-19(25)17-10-9-14-7-6-8-16(18(14)23-17)20(2,3)4/h6-10,12H,11H2,1-5H3,(H,21,25). The van der Waals surface area contributed by atoms with Gasteiger partial charge in [0.15, 0.2) is 0 Å². The second-order valence-electron chi connectivity index (χ2n) is 7.39. The van der Waals surface area contributed by atoms with Crippen molar-refractivity contribution in [2.24, 2.45) is 7.05 Å². The number of pyridine rings is 1. The van der Waals surface area contributed by atoms with Crippen LogP contribution in [0.2, 0.25) is 0 Å². The van der Waals surface area contributed by atoms with Gasteiger partial charge in [-0.25, -0.2) is 4.98 Å². The van der Waals surface area contributed by atoms with Crippen LogP contribution in [-0.2, 0) is 19.0 Å². The average molecular weight is 336 g/mol. The van der Waals surface area contributed by atoms with Crippen molar-refractivity contribution in [2.45, 2.75) is 39.7 Å². The molecule has 5 nitrogen and oxygen atoms in total. The lowest BCUT2D eigenvalue weighted by Gasteiger charge is -2.20. The zero-order chi connectivity index (χ0) is 18.2. The van der Waals surface area contributed by atoms with E-state index in [1.54, 1.807) is 16.9 Å². The third-order valence-corrected chi connectivity index (χ3v) is 4.54. The number of carbonyl (C=O) groups excluding carboxylic acids is 1. The molecular weight excluding hydrogens is 312 g/mol. The Labute approximate surface area is 148 Å². The molecule has 1 aromatic carbocycles. The first kappa shape index (κ1) is 17.1. The molecule has 0 unspecified atom stereocenters. The SMILES string of the molecule is Cc1c(CNC(=O)c2ccc3cccc(C(C)(C)C)c3n2)cnn1C. The molecule has 0 atom stereocenters. The Morgan fingerprint density at radius 2 is 1.96 bits per heavy atom. The Bertz CT molecular complexity index is 935. The van der Waals surface area contributed by atoms with Gasteiger partial charge >= 0.3 is 0 Å². The van der Waals surface area contributed by atoms with Crippen molar-refractivity contribution in [2.75, 3.05) is 0 Å². The summed E-state index contributed by atoms with van der Waals surface area (Å²) in [6.07, 6.45) is 1.78. The van der Waals surface area contributed by atoms with Gasteiger partial charge in [-0.2, -0.15) is 5.10 Å². The molecule has 0 aliphatic heterocycles. The number of aromatic nitrogens is 3. The monoisotopic (exact) mass is 336 g/mol. The maximum absolute atomic E-state index is 12.5. The van der Waals surface area contributed by atoms with Crippen LogP contribution in [0, 0.1) is 6.92 Å². The fourth-order valence-corrected chi connectivity index (χ4v) is 2.86. The lowest BCUT2D eigenvalue weighted by Crippen LogP contribution is -2.24. The van der Waals surface area contributed by atoms with Gasteiger partial charge < -0.3 is 5.32 Å². The summed E-state index contributed by atoms with van der Waals surface area (Å²) in [4.78, 5) is 17.2. The van der Waals surface area contributed by atoms with E-state index in [9.17, 15) is 4.79 Å². The quantitative estimate of drug-likeness (QED) is 0.796. The first-order chi connectivity index (χ1) is 11.8. The average Bonchev–Trinajstić information content (AvgIpc) is 2.89. The molecule has 25 heavy (non-hydrogen) atoms. The van der Waals surface area contributed by atoms with Crippen molar-refractivity contribution in [3.63, 3.8) is 0 Å². The Morgan fingerprint density at radius 3 is 2.60 bits per heavy atom. The molecule has 130 valence electrons. The van der Waals surface area contributed by atoms with Crippen molar-refractivity contribution in [1.82, 2.24) is 20.1 Å². The summed E-state index contributed by atoms with van der Waals surface area (Å²) < 4.78 is 1.80. The van der Waals surface area contributed by atoms with E-state index >= 15 is 0 Å². The number of nitrogens with zero attached hydrogens (tertiary/aromatic N) is 3. The van der Waals surface area contributed by atoms with Gasteiger partial charge in [-0.1, -0.05) is 45.0 Å². The molecule has 0 spiro atoms. The lowest BCUT2D eigenvalue weighted by atomic mass is 9.85. The van der Waals surface area contributed by atoms with Crippen LogP contribution >= 0.6 is 0 Å². The van der Waals surface area contributed by atoms with Gasteiger partial charge in [-0.15, -0.1) is 0 Å². The molecule has 3 rings (SSSR count). The van der Waals surface area contributed by atoms with Gasteiger partial charge in [0, 0.05) is 30.2 Å². The fourth-order valence-electron chi connectivity index (χ4n) is 2.86. The molecular formula is C20H24N4O. The Morgan fingerprint density at radius 1 is 1.20 bits per heavy atom. The van der Waals surface area contributed by atoms with Crippen molar-refractivity contribution in [3.05, 3.63) is 59.0 Å². The molecule has 0 radical (unpaired) electrons. The van der Waals surface area contributed by atoms with Crippen molar-refractivity contribution < 1.29 is 4.79 Å². The topological polar surface area (TPSA) is 59.8 Å². The number of para-hydroxylation sites is 1. The number of amides is 1.